The molecule has 34 heavy (non-hydrogen) atoms. The third kappa shape index (κ3) is 5.45. The molecule has 178 valence electrons. The molecule has 0 fully saturated rings. The van der Waals surface area contributed by atoms with E-state index < -0.39 is 20.7 Å². The van der Waals surface area contributed by atoms with Crippen molar-refractivity contribution in [2.75, 3.05) is 10.0 Å². The van der Waals surface area contributed by atoms with Crippen LogP contribution in [0.3, 0.4) is 0 Å². The van der Waals surface area contributed by atoms with Crippen molar-refractivity contribution >= 4 is 38.0 Å². The molecule has 2 aromatic carbocycles. The Kier molecular flexibility index (Phi) is 6.46. The first-order valence-corrected chi connectivity index (χ1v) is 13.0. The molecule has 2 heterocycles. The minimum atomic E-state index is -4.09. The number of thiazole rings is 1. The number of anilines is 3. The molecule has 0 unspecified atom stereocenters. The van der Waals surface area contributed by atoms with Crippen LogP contribution in [0.1, 0.15) is 37.6 Å². The minimum Gasteiger partial charge on any atom is -0.340 e. The summed E-state index contributed by atoms with van der Waals surface area (Å²) in [6.07, 6.45) is 2.13. The molecule has 10 heteroatoms. The van der Waals surface area contributed by atoms with Crippen molar-refractivity contribution in [1.29, 1.82) is 0 Å². The van der Waals surface area contributed by atoms with E-state index in [1.165, 1.54) is 23.9 Å². The van der Waals surface area contributed by atoms with Gasteiger partial charge in [0.05, 0.1) is 11.2 Å². The number of halogens is 1. The molecule has 7 nitrogen and oxygen atoms in total. The van der Waals surface area contributed by atoms with Crippen molar-refractivity contribution in [2.45, 2.75) is 44.6 Å². The lowest BCUT2D eigenvalue weighted by Crippen LogP contribution is -2.24. The summed E-state index contributed by atoms with van der Waals surface area (Å²) in [7, 11) is -4.09. The Morgan fingerprint density at radius 1 is 1.09 bits per heavy atom. The number of benzene rings is 2. The van der Waals surface area contributed by atoms with E-state index in [0.29, 0.717) is 17.9 Å². The molecular formula is C24H26FN5O2S2. The van der Waals surface area contributed by atoms with E-state index in [0.717, 1.165) is 28.7 Å². The van der Waals surface area contributed by atoms with Crippen LogP contribution in [-0.4, -0.2) is 23.2 Å². The van der Waals surface area contributed by atoms with Gasteiger partial charge in [0.15, 0.2) is 5.13 Å². The van der Waals surface area contributed by atoms with Gasteiger partial charge in [0.1, 0.15) is 16.5 Å². The molecule has 0 aliphatic carbocycles. The average Bonchev–Trinajstić information content (AvgIpc) is 3.39. The van der Waals surface area contributed by atoms with Gasteiger partial charge in [0, 0.05) is 29.8 Å². The Labute approximate surface area is 202 Å². The first-order chi connectivity index (χ1) is 16.0. The molecule has 2 aromatic heterocycles. The summed E-state index contributed by atoms with van der Waals surface area (Å²) in [6, 6.07) is 14.1. The number of sulfonamides is 1. The molecule has 4 rings (SSSR count). The van der Waals surface area contributed by atoms with E-state index in [2.05, 4.69) is 39.3 Å². The Hall–Kier alpha value is -3.24. The largest absolute Gasteiger partial charge is 0.340 e. The maximum Gasteiger partial charge on any atom is 0.266 e. The number of hydrogen-bond acceptors (Lipinski definition) is 6. The maximum absolute atomic E-state index is 14.8. The maximum atomic E-state index is 14.8. The Balaban J connectivity index is 1.59. The van der Waals surface area contributed by atoms with Gasteiger partial charge in [-0.15, -0.1) is 11.3 Å². The zero-order chi connectivity index (χ0) is 24.5. The summed E-state index contributed by atoms with van der Waals surface area (Å²) in [4.78, 5) is 3.44. The quantitative estimate of drug-likeness (QED) is 0.342. The molecule has 0 saturated heterocycles. The standard InChI is InChI=1S/C24H26FN5O2S2/c1-16-5-7-17(8-6-16)13-19-15-22(30(28-19)24(2,3)4)27-18-9-10-21(20(25)14-18)34(31,32)29-23-26-11-12-33-23/h5-12,14-15,27H,13H2,1-4H3,(H,26,29). The number of hydrogen-bond donors (Lipinski definition) is 2. The van der Waals surface area contributed by atoms with Crippen molar-refractivity contribution in [2.24, 2.45) is 0 Å². The predicted octanol–water partition coefficient (Wildman–Crippen LogP) is 5.68. The van der Waals surface area contributed by atoms with Crippen LogP contribution in [0.4, 0.5) is 21.0 Å². The smallest absolute Gasteiger partial charge is 0.266 e. The molecule has 0 aliphatic heterocycles. The normalized spacial score (nSPS) is 12.0. The highest BCUT2D eigenvalue weighted by Crippen LogP contribution is 2.28. The summed E-state index contributed by atoms with van der Waals surface area (Å²) in [5.41, 5.74) is 3.30. The monoisotopic (exact) mass is 499 g/mol. The van der Waals surface area contributed by atoms with Gasteiger partial charge in [0.2, 0.25) is 0 Å². The topological polar surface area (TPSA) is 88.9 Å². The van der Waals surface area contributed by atoms with Crippen molar-refractivity contribution in [3.63, 3.8) is 0 Å². The van der Waals surface area contributed by atoms with Crippen LogP contribution in [0.2, 0.25) is 0 Å². The second-order valence-electron chi connectivity index (χ2n) is 8.98. The predicted molar refractivity (Wildman–Crippen MR) is 134 cm³/mol. The molecule has 0 radical (unpaired) electrons. The van der Waals surface area contributed by atoms with E-state index in [9.17, 15) is 12.8 Å². The van der Waals surface area contributed by atoms with Crippen molar-refractivity contribution in [1.82, 2.24) is 14.8 Å². The van der Waals surface area contributed by atoms with Crippen LogP contribution >= 0.6 is 11.3 Å². The van der Waals surface area contributed by atoms with Gasteiger partial charge in [-0.2, -0.15) is 5.10 Å². The molecule has 0 spiro atoms. The van der Waals surface area contributed by atoms with E-state index in [1.807, 2.05) is 38.4 Å². The first-order valence-electron chi connectivity index (χ1n) is 10.7. The summed E-state index contributed by atoms with van der Waals surface area (Å²) in [5.74, 6) is -0.179. The molecule has 2 N–H and O–H groups in total. The Bertz CT molecular complexity index is 1390. The van der Waals surface area contributed by atoms with Gasteiger partial charge in [-0.1, -0.05) is 29.8 Å². The number of nitrogens with zero attached hydrogens (tertiary/aromatic N) is 3. The summed E-state index contributed by atoms with van der Waals surface area (Å²) < 4.78 is 44.1. The summed E-state index contributed by atoms with van der Waals surface area (Å²) in [5, 5.41) is 9.77. The lowest BCUT2D eigenvalue weighted by atomic mass is 10.1. The molecule has 0 bridgehead atoms. The molecule has 0 atom stereocenters. The van der Waals surface area contributed by atoms with Crippen LogP contribution in [0.5, 0.6) is 0 Å². The number of aromatic nitrogens is 3. The van der Waals surface area contributed by atoms with Crippen LogP contribution < -0.4 is 10.0 Å². The second-order valence-corrected chi connectivity index (χ2v) is 11.5. The van der Waals surface area contributed by atoms with Crippen molar-refractivity contribution < 1.29 is 12.8 Å². The highest BCUT2D eigenvalue weighted by Gasteiger charge is 2.23. The van der Waals surface area contributed by atoms with Gasteiger partial charge in [0.25, 0.3) is 10.0 Å². The number of rotatable bonds is 7. The van der Waals surface area contributed by atoms with E-state index in [4.69, 9.17) is 5.10 Å². The fourth-order valence-electron chi connectivity index (χ4n) is 3.42. The Morgan fingerprint density at radius 3 is 2.44 bits per heavy atom. The average molecular weight is 500 g/mol. The molecule has 0 amide bonds. The fraction of sp³-hybridized carbons (Fsp3) is 0.250. The van der Waals surface area contributed by atoms with Crippen molar-refractivity contribution in [3.8, 4) is 0 Å². The number of nitrogens with one attached hydrogen (secondary N) is 2. The molecular weight excluding hydrogens is 473 g/mol. The van der Waals surface area contributed by atoms with Gasteiger partial charge in [-0.3, -0.25) is 4.72 Å². The van der Waals surface area contributed by atoms with Crippen LogP contribution in [0.15, 0.2) is 65.0 Å². The minimum absolute atomic E-state index is 0.178. The van der Waals surface area contributed by atoms with Crippen molar-refractivity contribution in [3.05, 3.63) is 82.7 Å². The highest BCUT2D eigenvalue weighted by molar-refractivity contribution is 7.93. The third-order valence-corrected chi connectivity index (χ3v) is 7.24. The van der Waals surface area contributed by atoms with Crippen LogP contribution in [0.25, 0.3) is 0 Å². The van der Waals surface area contributed by atoms with E-state index in [-0.39, 0.29) is 10.7 Å². The zero-order valence-corrected chi connectivity index (χ0v) is 21.0. The van der Waals surface area contributed by atoms with Gasteiger partial charge in [-0.25, -0.2) is 22.5 Å². The van der Waals surface area contributed by atoms with Gasteiger partial charge >= 0.3 is 0 Å². The second kappa shape index (κ2) is 9.19. The first kappa shape index (κ1) is 23.9. The van der Waals surface area contributed by atoms with Crippen LogP contribution in [0, 0.1) is 12.7 Å². The molecule has 0 saturated carbocycles. The molecule has 0 aliphatic rings. The summed E-state index contributed by atoms with van der Waals surface area (Å²) >= 11 is 1.12. The SMILES string of the molecule is Cc1ccc(Cc2cc(Nc3ccc(S(=O)(=O)Nc4nccs4)c(F)c3)n(C(C)(C)C)n2)cc1. The van der Waals surface area contributed by atoms with E-state index in [1.54, 1.807) is 5.38 Å². The van der Waals surface area contributed by atoms with Crippen LogP contribution in [-0.2, 0) is 22.0 Å². The molecule has 4 aromatic rings. The fourth-order valence-corrected chi connectivity index (χ4v) is 5.27. The van der Waals surface area contributed by atoms with Gasteiger partial charge in [-0.05, 0) is 51.5 Å². The summed E-state index contributed by atoms with van der Waals surface area (Å²) in [6.45, 7) is 8.13. The zero-order valence-electron chi connectivity index (χ0n) is 19.3. The highest BCUT2D eigenvalue weighted by atomic mass is 32.2. The van der Waals surface area contributed by atoms with Gasteiger partial charge < -0.3 is 5.32 Å². The Morgan fingerprint density at radius 2 is 1.82 bits per heavy atom. The number of aryl methyl sites for hydroxylation is 1. The van der Waals surface area contributed by atoms with E-state index >= 15 is 0 Å². The third-order valence-electron chi connectivity index (χ3n) is 5.05. The lowest BCUT2D eigenvalue weighted by Gasteiger charge is -2.23. The lowest BCUT2D eigenvalue weighted by molar-refractivity contribution is 0.359.